The molecule has 0 spiro atoms. The van der Waals surface area contributed by atoms with Crippen molar-refractivity contribution in [1.29, 1.82) is 0 Å². The number of carbonyl (C=O) groups is 2. The highest BCUT2D eigenvalue weighted by molar-refractivity contribution is 5.84. The first-order valence-corrected chi connectivity index (χ1v) is 3.86. The van der Waals surface area contributed by atoms with Crippen LogP contribution in [0.15, 0.2) is 0 Å². The van der Waals surface area contributed by atoms with E-state index in [1.54, 1.807) is 6.92 Å². The average molecular weight is 174 g/mol. The highest BCUT2D eigenvalue weighted by Crippen LogP contribution is 2.10. The zero-order valence-corrected chi connectivity index (χ0v) is 7.37. The van der Waals surface area contributed by atoms with Crippen LogP contribution in [0.2, 0.25) is 0 Å². The van der Waals surface area contributed by atoms with Crippen molar-refractivity contribution in [3.63, 3.8) is 0 Å². The van der Waals surface area contributed by atoms with Crippen LogP contribution in [0.25, 0.3) is 0 Å². The lowest BCUT2D eigenvalue weighted by molar-refractivity contribution is -0.147. The van der Waals surface area contributed by atoms with Crippen molar-refractivity contribution in [2.45, 2.75) is 19.8 Å². The fraction of sp³-hybridized carbons (Fsp3) is 0.750. The molecule has 0 aromatic carbocycles. The summed E-state index contributed by atoms with van der Waals surface area (Å²) >= 11 is 0. The fourth-order valence-electron chi connectivity index (χ4n) is 0.900. The number of aliphatic hydroxyl groups is 1. The summed E-state index contributed by atoms with van der Waals surface area (Å²) in [6.07, 6.45) is 0.623. The lowest BCUT2D eigenvalue weighted by Gasteiger charge is -2.09. The summed E-state index contributed by atoms with van der Waals surface area (Å²) in [6, 6.07) is 0. The molecule has 0 aliphatic carbocycles. The van der Waals surface area contributed by atoms with Gasteiger partial charge in [0.05, 0.1) is 13.0 Å². The smallest absolute Gasteiger partial charge is 0.309 e. The van der Waals surface area contributed by atoms with Crippen LogP contribution in [0.1, 0.15) is 19.8 Å². The number of carbonyl (C=O) groups excluding carboxylic acids is 2. The molecule has 0 fully saturated rings. The lowest BCUT2D eigenvalue weighted by Crippen LogP contribution is -2.20. The van der Waals surface area contributed by atoms with Crippen LogP contribution in [0.5, 0.6) is 0 Å². The molecule has 0 rings (SSSR count). The van der Waals surface area contributed by atoms with Crippen LogP contribution in [0, 0.1) is 5.92 Å². The van der Waals surface area contributed by atoms with E-state index in [4.69, 9.17) is 5.11 Å². The number of rotatable bonds is 5. The van der Waals surface area contributed by atoms with Gasteiger partial charge in [-0.1, -0.05) is 6.92 Å². The van der Waals surface area contributed by atoms with Gasteiger partial charge in [-0.3, -0.25) is 9.59 Å². The van der Waals surface area contributed by atoms with E-state index < -0.39 is 12.5 Å². The molecule has 0 aromatic heterocycles. The molecule has 1 N–H and O–H groups in total. The third-order valence-corrected chi connectivity index (χ3v) is 1.68. The Morgan fingerprint density at radius 2 is 2.08 bits per heavy atom. The van der Waals surface area contributed by atoms with Gasteiger partial charge < -0.3 is 9.84 Å². The summed E-state index contributed by atoms with van der Waals surface area (Å²) in [5.74, 6) is -1.12. The fourth-order valence-corrected chi connectivity index (χ4v) is 0.900. The third-order valence-electron chi connectivity index (χ3n) is 1.68. The van der Waals surface area contributed by atoms with Crippen molar-refractivity contribution in [1.82, 2.24) is 0 Å². The third kappa shape index (κ3) is 3.48. The second-order valence-corrected chi connectivity index (χ2v) is 2.53. The van der Waals surface area contributed by atoms with Crippen LogP contribution in [-0.2, 0) is 14.3 Å². The van der Waals surface area contributed by atoms with Gasteiger partial charge in [0.2, 0.25) is 0 Å². The maximum Gasteiger partial charge on any atom is 0.309 e. The molecule has 1 atom stereocenters. The molecule has 1 unspecified atom stereocenters. The first-order valence-electron chi connectivity index (χ1n) is 3.86. The predicted molar refractivity (Wildman–Crippen MR) is 42.5 cm³/mol. The van der Waals surface area contributed by atoms with Gasteiger partial charge in [0.15, 0.2) is 5.78 Å². The normalized spacial score (nSPS) is 12.2. The zero-order valence-electron chi connectivity index (χ0n) is 7.37. The molecule has 70 valence electrons. The highest BCUT2D eigenvalue weighted by atomic mass is 16.5. The number of methoxy groups -OCH3 is 1. The molecule has 0 aliphatic rings. The molecule has 0 amide bonds. The van der Waals surface area contributed by atoms with Crippen molar-refractivity contribution in [2.24, 2.45) is 5.92 Å². The van der Waals surface area contributed by atoms with Gasteiger partial charge in [-0.2, -0.15) is 0 Å². The molecule has 4 nitrogen and oxygen atoms in total. The van der Waals surface area contributed by atoms with Crippen LogP contribution in [0.4, 0.5) is 0 Å². The molecule has 0 aromatic rings. The quantitative estimate of drug-likeness (QED) is 0.602. The summed E-state index contributed by atoms with van der Waals surface area (Å²) in [4.78, 5) is 21.7. The second-order valence-electron chi connectivity index (χ2n) is 2.53. The number of ether oxygens (including phenoxy) is 1. The summed E-state index contributed by atoms with van der Waals surface area (Å²) < 4.78 is 4.48. The maximum atomic E-state index is 10.9. The molecule has 0 bridgehead atoms. The minimum Gasteiger partial charge on any atom is -0.469 e. The van der Waals surface area contributed by atoms with Crippen LogP contribution in [-0.4, -0.2) is 30.6 Å². The molecule has 4 heteroatoms. The Labute approximate surface area is 71.5 Å². The van der Waals surface area contributed by atoms with Crippen molar-refractivity contribution < 1.29 is 19.4 Å². The maximum absolute atomic E-state index is 10.9. The number of Topliss-reactive ketones (excluding diaryl/α,β-unsaturated/α-hetero) is 1. The van der Waals surface area contributed by atoms with E-state index in [9.17, 15) is 9.59 Å². The van der Waals surface area contributed by atoms with Gasteiger partial charge in [0.25, 0.3) is 0 Å². The largest absolute Gasteiger partial charge is 0.469 e. The summed E-state index contributed by atoms with van der Waals surface area (Å²) in [7, 11) is 1.29. The zero-order chi connectivity index (χ0) is 9.56. The van der Waals surface area contributed by atoms with Gasteiger partial charge >= 0.3 is 5.97 Å². The topological polar surface area (TPSA) is 63.6 Å². The molecule has 0 aliphatic heterocycles. The SMILES string of the molecule is CCC(CC(=O)CO)C(=O)OC. The van der Waals surface area contributed by atoms with Gasteiger partial charge in [-0.15, -0.1) is 0 Å². The van der Waals surface area contributed by atoms with E-state index >= 15 is 0 Å². The van der Waals surface area contributed by atoms with Gasteiger partial charge in [-0.05, 0) is 6.42 Å². The standard InChI is InChI=1S/C8H14O4/c1-3-6(8(11)12-2)4-7(10)5-9/h6,9H,3-5H2,1-2H3. The average Bonchev–Trinajstić information content (AvgIpc) is 2.12. The Bertz CT molecular complexity index is 164. The van der Waals surface area contributed by atoms with Crippen molar-refractivity contribution in [2.75, 3.05) is 13.7 Å². The monoisotopic (exact) mass is 174 g/mol. The lowest BCUT2D eigenvalue weighted by atomic mass is 10.0. The first kappa shape index (κ1) is 11.1. The molecule has 12 heavy (non-hydrogen) atoms. The second kappa shape index (κ2) is 5.71. The van der Waals surface area contributed by atoms with Crippen molar-refractivity contribution >= 4 is 11.8 Å². The minimum atomic E-state index is -0.506. The predicted octanol–water partition coefficient (Wildman–Crippen LogP) is 0.137. The number of esters is 1. The first-order chi connectivity index (χ1) is 5.65. The van der Waals surface area contributed by atoms with E-state index in [0.29, 0.717) is 6.42 Å². The Morgan fingerprint density at radius 3 is 2.42 bits per heavy atom. The Hall–Kier alpha value is -0.900. The van der Waals surface area contributed by atoms with Crippen LogP contribution in [0.3, 0.4) is 0 Å². The number of hydrogen-bond donors (Lipinski definition) is 1. The Kier molecular flexibility index (Phi) is 5.28. The van der Waals surface area contributed by atoms with Crippen molar-refractivity contribution in [3.8, 4) is 0 Å². The number of hydrogen-bond acceptors (Lipinski definition) is 4. The van der Waals surface area contributed by atoms with Gasteiger partial charge in [0.1, 0.15) is 6.61 Å². The summed E-state index contributed by atoms with van der Waals surface area (Å²) in [5.41, 5.74) is 0. The van der Waals surface area contributed by atoms with E-state index in [1.807, 2.05) is 0 Å². The van der Waals surface area contributed by atoms with E-state index in [1.165, 1.54) is 7.11 Å². The summed E-state index contributed by atoms with van der Waals surface area (Å²) in [6.45, 7) is 1.29. The van der Waals surface area contributed by atoms with Crippen molar-refractivity contribution in [3.05, 3.63) is 0 Å². The van der Waals surface area contributed by atoms with E-state index in [2.05, 4.69) is 4.74 Å². The molecular formula is C8H14O4. The molecule has 0 saturated carbocycles. The molecule has 0 heterocycles. The molecule has 0 radical (unpaired) electrons. The van der Waals surface area contributed by atoms with E-state index in [-0.39, 0.29) is 18.2 Å². The Balaban J connectivity index is 3.99. The Morgan fingerprint density at radius 1 is 1.50 bits per heavy atom. The van der Waals surface area contributed by atoms with Gasteiger partial charge in [0, 0.05) is 6.42 Å². The highest BCUT2D eigenvalue weighted by Gasteiger charge is 2.19. The summed E-state index contributed by atoms with van der Waals surface area (Å²) in [5, 5.41) is 8.43. The van der Waals surface area contributed by atoms with Crippen LogP contribution >= 0.6 is 0 Å². The molecule has 0 saturated heterocycles. The van der Waals surface area contributed by atoms with E-state index in [0.717, 1.165) is 0 Å². The minimum absolute atomic E-state index is 0.0691. The number of ketones is 1. The molecular weight excluding hydrogens is 160 g/mol. The van der Waals surface area contributed by atoms with Crippen LogP contribution < -0.4 is 0 Å². The van der Waals surface area contributed by atoms with Gasteiger partial charge in [-0.25, -0.2) is 0 Å². The number of aliphatic hydroxyl groups excluding tert-OH is 1.